The summed E-state index contributed by atoms with van der Waals surface area (Å²) in [6.45, 7) is 14.0. The predicted molar refractivity (Wildman–Crippen MR) is 76.5 cm³/mol. The van der Waals surface area contributed by atoms with Crippen LogP contribution in [0.5, 0.6) is 0 Å². The molecular formula is C15H32N2. The molecule has 0 unspecified atom stereocenters. The van der Waals surface area contributed by atoms with Gasteiger partial charge in [0.2, 0.25) is 0 Å². The minimum atomic E-state index is 0.312. The molecule has 0 radical (unpaired) electrons. The third-order valence-corrected chi connectivity index (χ3v) is 4.60. The van der Waals surface area contributed by atoms with Crippen LogP contribution in [-0.4, -0.2) is 47.6 Å². The van der Waals surface area contributed by atoms with E-state index < -0.39 is 0 Å². The van der Waals surface area contributed by atoms with Crippen molar-refractivity contribution in [3.05, 3.63) is 0 Å². The minimum absolute atomic E-state index is 0.312. The Morgan fingerprint density at radius 1 is 0.882 bits per heavy atom. The molecule has 0 saturated heterocycles. The van der Waals surface area contributed by atoms with Crippen LogP contribution < -0.4 is 0 Å². The molecule has 0 N–H and O–H groups in total. The first-order valence-electron chi connectivity index (χ1n) is 7.37. The van der Waals surface area contributed by atoms with Crippen molar-refractivity contribution >= 4 is 0 Å². The Balaban J connectivity index is 2.45. The molecule has 0 aliphatic heterocycles. The number of nitrogens with zero attached hydrogens (tertiary/aromatic N) is 2. The second-order valence-electron chi connectivity index (χ2n) is 6.47. The van der Waals surface area contributed by atoms with Crippen LogP contribution in [-0.2, 0) is 0 Å². The zero-order valence-corrected chi connectivity index (χ0v) is 12.8. The molecule has 0 atom stereocenters. The Hall–Kier alpha value is -0.0800. The molecule has 1 aliphatic carbocycles. The lowest BCUT2D eigenvalue weighted by atomic mass is 9.87. The maximum atomic E-state index is 2.63. The Morgan fingerprint density at radius 3 is 1.65 bits per heavy atom. The van der Waals surface area contributed by atoms with Crippen molar-refractivity contribution in [1.82, 2.24) is 9.80 Å². The molecule has 1 aliphatic rings. The first-order valence-corrected chi connectivity index (χ1v) is 7.37. The van der Waals surface area contributed by atoms with Crippen LogP contribution in [0.3, 0.4) is 0 Å². The average Bonchev–Trinajstić information content (AvgIpc) is 2.29. The van der Waals surface area contributed by atoms with Gasteiger partial charge in [-0.3, -0.25) is 4.90 Å². The molecule has 1 fully saturated rings. The first-order chi connectivity index (χ1) is 7.90. The van der Waals surface area contributed by atoms with Crippen molar-refractivity contribution in [2.24, 2.45) is 0 Å². The zero-order valence-electron chi connectivity index (χ0n) is 12.8. The standard InChI is InChI=1S/C15H32N2/c1-7-17(8-2)14-11-9-13(10-12-14)16(6)15(3,4)5/h13-14H,7-12H2,1-6H3. The molecule has 0 amide bonds. The maximum Gasteiger partial charge on any atom is 0.0124 e. The molecule has 0 bridgehead atoms. The third-order valence-electron chi connectivity index (χ3n) is 4.60. The Labute approximate surface area is 108 Å². The SMILES string of the molecule is CCN(CC)C1CCC(N(C)C(C)(C)C)CC1. The fourth-order valence-corrected chi connectivity index (χ4v) is 3.10. The second kappa shape index (κ2) is 6.19. The Kier molecular flexibility index (Phi) is 5.46. The molecule has 0 spiro atoms. The number of rotatable bonds is 4. The molecule has 0 aromatic rings. The molecule has 0 aromatic carbocycles. The summed E-state index contributed by atoms with van der Waals surface area (Å²) in [5, 5.41) is 0. The van der Waals surface area contributed by atoms with Crippen molar-refractivity contribution < 1.29 is 0 Å². The summed E-state index contributed by atoms with van der Waals surface area (Å²) < 4.78 is 0. The van der Waals surface area contributed by atoms with Crippen LogP contribution in [0.1, 0.15) is 60.3 Å². The van der Waals surface area contributed by atoms with Gasteiger partial charge in [0.15, 0.2) is 0 Å². The highest BCUT2D eigenvalue weighted by molar-refractivity contribution is 4.87. The van der Waals surface area contributed by atoms with Crippen LogP contribution >= 0.6 is 0 Å². The average molecular weight is 240 g/mol. The van der Waals surface area contributed by atoms with Crippen molar-refractivity contribution in [3.8, 4) is 0 Å². The van der Waals surface area contributed by atoms with Gasteiger partial charge < -0.3 is 4.90 Å². The lowest BCUT2D eigenvalue weighted by Crippen LogP contribution is -2.49. The van der Waals surface area contributed by atoms with Crippen molar-refractivity contribution in [3.63, 3.8) is 0 Å². The van der Waals surface area contributed by atoms with Gasteiger partial charge in [-0.1, -0.05) is 13.8 Å². The predicted octanol–water partition coefficient (Wildman–Crippen LogP) is 3.37. The lowest BCUT2D eigenvalue weighted by Gasteiger charge is -2.44. The van der Waals surface area contributed by atoms with Gasteiger partial charge in [0.25, 0.3) is 0 Å². The van der Waals surface area contributed by atoms with E-state index in [0.717, 1.165) is 12.1 Å². The summed E-state index contributed by atoms with van der Waals surface area (Å²) in [6, 6.07) is 1.64. The molecule has 2 heteroatoms. The molecular weight excluding hydrogens is 208 g/mol. The molecule has 1 saturated carbocycles. The quantitative estimate of drug-likeness (QED) is 0.743. The maximum absolute atomic E-state index is 2.63. The summed E-state index contributed by atoms with van der Waals surface area (Å²) in [4.78, 5) is 5.21. The minimum Gasteiger partial charge on any atom is -0.301 e. The van der Waals surface area contributed by atoms with Crippen LogP contribution in [0, 0.1) is 0 Å². The van der Waals surface area contributed by atoms with Crippen LogP contribution in [0.15, 0.2) is 0 Å². The zero-order chi connectivity index (χ0) is 13.1. The number of hydrogen-bond donors (Lipinski definition) is 0. The van der Waals surface area contributed by atoms with Crippen LogP contribution in [0.25, 0.3) is 0 Å². The fraction of sp³-hybridized carbons (Fsp3) is 1.00. The van der Waals surface area contributed by atoms with E-state index in [9.17, 15) is 0 Å². The van der Waals surface area contributed by atoms with Gasteiger partial charge >= 0.3 is 0 Å². The highest BCUT2D eigenvalue weighted by Crippen LogP contribution is 2.29. The lowest BCUT2D eigenvalue weighted by molar-refractivity contribution is 0.0626. The van der Waals surface area contributed by atoms with E-state index in [0.29, 0.717) is 5.54 Å². The van der Waals surface area contributed by atoms with E-state index in [4.69, 9.17) is 0 Å². The molecule has 0 heterocycles. The van der Waals surface area contributed by atoms with E-state index in [2.05, 4.69) is 51.5 Å². The van der Waals surface area contributed by atoms with Crippen LogP contribution in [0.4, 0.5) is 0 Å². The monoisotopic (exact) mass is 240 g/mol. The summed E-state index contributed by atoms with van der Waals surface area (Å²) >= 11 is 0. The molecule has 2 nitrogen and oxygen atoms in total. The van der Waals surface area contributed by atoms with Crippen LogP contribution in [0.2, 0.25) is 0 Å². The third kappa shape index (κ3) is 3.96. The van der Waals surface area contributed by atoms with Gasteiger partial charge in [0, 0.05) is 17.6 Å². The highest BCUT2D eigenvalue weighted by atomic mass is 15.2. The Morgan fingerprint density at radius 2 is 1.29 bits per heavy atom. The second-order valence-corrected chi connectivity index (χ2v) is 6.47. The Bertz CT molecular complexity index is 207. The van der Waals surface area contributed by atoms with Gasteiger partial charge in [0.05, 0.1) is 0 Å². The van der Waals surface area contributed by atoms with E-state index in [1.54, 1.807) is 0 Å². The summed E-state index contributed by atoms with van der Waals surface area (Å²) in [6.07, 6.45) is 5.50. The number of hydrogen-bond acceptors (Lipinski definition) is 2. The smallest absolute Gasteiger partial charge is 0.0124 e. The molecule has 17 heavy (non-hydrogen) atoms. The molecule has 102 valence electrons. The first kappa shape index (κ1) is 15.0. The van der Waals surface area contributed by atoms with Gasteiger partial charge in [-0.15, -0.1) is 0 Å². The summed E-state index contributed by atoms with van der Waals surface area (Å²) in [5.74, 6) is 0. The van der Waals surface area contributed by atoms with Gasteiger partial charge in [-0.2, -0.15) is 0 Å². The van der Waals surface area contributed by atoms with Gasteiger partial charge in [0.1, 0.15) is 0 Å². The van der Waals surface area contributed by atoms with E-state index in [-0.39, 0.29) is 0 Å². The van der Waals surface area contributed by atoms with E-state index in [1.165, 1.54) is 38.8 Å². The van der Waals surface area contributed by atoms with Crippen molar-refractivity contribution in [2.45, 2.75) is 77.9 Å². The largest absolute Gasteiger partial charge is 0.301 e. The van der Waals surface area contributed by atoms with Gasteiger partial charge in [-0.25, -0.2) is 0 Å². The van der Waals surface area contributed by atoms with Gasteiger partial charge in [-0.05, 0) is 66.6 Å². The fourth-order valence-electron chi connectivity index (χ4n) is 3.10. The van der Waals surface area contributed by atoms with E-state index >= 15 is 0 Å². The summed E-state index contributed by atoms with van der Waals surface area (Å²) in [5.41, 5.74) is 0.312. The van der Waals surface area contributed by atoms with Crippen molar-refractivity contribution in [1.29, 1.82) is 0 Å². The summed E-state index contributed by atoms with van der Waals surface area (Å²) in [7, 11) is 2.29. The topological polar surface area (TPSA) is 6.48 Å². The van der Waals surface area contributed by atoms with E-state index in [1.807, 2.05) is 0 Å². The molecule has 1 rings (SSSR count). The highest BCUT2D eigenvalue weighted by Gasteiger charge is 2.30. The van der Waals surface area contributed by atoms with Crippen molar-refractivity contribution in [2.75, 3.05) is 20.1 Å². The molecule has 0 aromatic heterocycles. The normalized spacial score (nSPS) is 26.8.